The monoisotopic (exact) mass is 1090 g/mol. The van der Waals surface area contributed by atoms with Crippen LogP contribution in [0.25, 0.3) is 0 Å². The number of hydrogen-bond acceptors (Lipinski definition) is 23. The zero-order valence-electron chi connectivity index (χ0n) is 44.7. The molecule has 5 aliphatic heterocycles. The van der Waals surface area contributed by atoms with E-state index in [2.05, 4.69) is 41.5 Å². The van der Waals surface area contributed by atoms with E-state index in [9.17, 15) is 71.2 Å². The molecule has 0 amide bonds. The molecule has 5 aliphatic carbocycles. The molecule has 30 atom stereocenters. The molecule has 5 saturated carbocycles. The number of aliphatic hydroxyl groups excluding tert-OH is 13. The Kier molecular flexibility index (Phi) is 15.4. The van der Waals surface area contributed by atoms with E-state index in [4.69, 9.17) is 42.6 Å². The first-order valence-corrected chi connectivity index (χ1v) is 27.7. The molecule has 0 radical (unpaired) electrons. The lowest BCUT2D eigenvalue weighted by molar-refractivity contribution is -0.394. The lowest BCUT2D eigenvalue weighted by Crippen LogP contribution is -2.74. The topological polar surface area (TPSA) is 363 Å². The predicted molar refractivity (Wildman–Crippen MR) is 256 cm³/mol. The van der Waals surface area contributed by atoms with Crippen molar-refractivity contribution in [1.82, 2.24) is 0 Å². The molecule has 2 bridgehead atoms. The molecule has 1 spiro atoms. The number of carbonyl (C=O) groups excluding carboxylic acids is 1. The Morgan fingerprint density at radius 1 is 0.553 bits per heavy atom. The standard InChI is InChI=1S/C53H86O23/c1-22-31(58)35(62)38(65)42(69-22)75-41-37(64)33(60)24(19-55)71-45(41)72-25-20-68-44(40(34(25)61)74-43-39(66)36(63)32(59)23(18-54)70-43)73-30-10-11-49(5)26(47(30,2)3)8-12-50(6)27(49)9-13-53-28-16-48(4,21-56)14-15-52(28,46(67)76-53)29(57)17-51(50,53)7/h22-45,54-66H,8-21H2,1-7H3/t22-,23-,24-,25+,26+,27-,28-,29-,30+,31-,32-,33-,34+,35+,36+,37+,38+,39-,40-,41-,42-,43+,44+,45+,48+,49+,50-,51+,52-,53+/m1/s1. The van der Waals surface area contributed by atoms with Crippen LogP contribution in [0.2, 0.25) is 0 Å². The average Bonchev–Trinajstić information content (AvgIpc) is 3.85. The molecule has 10 rings (SSSR count). The van der Waals surface area contributed by atoms with Gasteiger partial charge in [-0.25, -0.2) is 0 Å². The maximum absolute atomic E-state index is 14.2. The molecule has 5 heterocycles. The highest BCUT2D eigenvalue weighted by Gasteiger charge is 2.83. The van der Waals surface area contributed by atoms with E-state index >= 15 is 0 Å². The SMILES string of the molecule is C[C@H]1O[C@H](O[C@H]2[C@H](O[C@H]3CO[C@@H](O[C@H]4CC[C@]5(C)[C@H]6CC[C@]78OC(=O)[C@@]9(CC[C@](C)(CO)C[C@H]97)[C@H](O)C[C@@]8(C)[C@]6(C)CC[C@H]5C4(C)C)[C@H](O[C@@H]4O[C@H](CO)[C@@H](O)[C@H](O)[C@H]4O)[C@H]3O)O[C@H](CO)[C@@H](O)[C@@H]2O)[C@@H](O)[C@@H](O)[C@@H]1O. The summed E-state index contributed by atoms with van der Waals surface area (Å²) in [6, 6.07) is 0. The maximum Gasteiger partial charge on any atom is 0.315 e. The van der Waals surface area contributed by atoms with Gasteiger partial charge in [-0.15, -0.1) is 0 Å². The van der Waals surface area contributed by atoms with Gasteiger partial charge >= 0.3 is 5.97 Å². The van der Waals surface area contributed by atoms with Gasteiger partial charge in [-0.05, 0) is 105 Å². The Hall–Kier alpha value is -1.37. The van der Waals surface area contributed by atoms with Gasteiger partial charge in [0.1, 0.15) is 96.5 Å². The average molecular weight is 1090 g/mol. The van der Waals surface area contributed by atoms with Crippen molar-refractivity contribution in [3.63, 3.8) is 0 Å². The number of fused-ring (bicyclic) bond motifs is 4. The summed E-state index contributed by atoms with van der Waals surface area (Å²) < 4.78 is 55.8. The molecule has 0 aromatic rings. The fourth-order valence-corrected chi connectivity index (χ4v) is 17.6. The molecule has 10 aliphatic rings. The van der Waals surface area contributed by atoms with Crippen molar-refractivity contribution in [3.05, 3.63) is 0 Å². The summed E-state index contributed by atoms with van der Waals surface area (Å²) in [6.07, 6.45) is -26.4. The van der Waals surface area contributed by atoms with Crippen molar-refractivity contribution in [2.24, 2.45) is 50.2 Å². The Morgan fingerprint density at radius 3 is 1.79 bits per heavy atom. The minimum absolute atomic E-state index is 0.00855. The van der Waals surface area contributed by atoms with Crippen LogP contribution in [0.15, 0.2) is 0 Å². The third-order valence-electron chi connectivity index (χ3n) is 22.3. The molecule has 436 valence electrons. The molecule has 23 nitrogen and oxygen atoms in total. The van der Waals surface area contributed by atoms with E-state index < -0.39 is 176 Å². The van der Waals surface area contributed by atoms with E-state index in [1.807, 2.05) is 0 Å². The van der Waals surface area contributed by atoms with Gasteiger partial charge in [-0.2, -0.15) is 0 Å². The molecule has 5 saturated heterocycles. The second-order valence-corrected chi connectivity index (χ2v) is 26.3. The van der Waals surface area contributed by atoms with Crippen molar-refractivity contribution < 1.29 is 114 Å². The Morgan fingerprint density at radius 2 is 1.14 bits per heavy atom. The molecule has 0 aromatic carbocycles. The summed E-state index contributed by atoms with van der Waals surface area (Å²) in [5.41, 5.74) is -3.94. The second-order valence-electron chi connectivity index (χ2n) is 26.3. The van der Waals surface area contributed by atoms with Gasteiger partial charge in [0.2, 0.25) is 0 Å². The van der Waals surface area contributed by atoms with Gasteiger partial charge < -0.3 is 109 Å². The first-order chi connectivity index (χ1) is 35.6. The summed E-state index contributed by atoms with van der Waals surface area (Å²) in [6.45, 7) is 12.7. The van der Waals surface area contributed by atoms with Crippen molar-refractivity contribution in [2.45, 2.75) is 247 Å². The maximum atomic E-state index is 14.2. The highest BCUT2D eigenvalue weighted by Crippen LogP contribution is 2.81. The molecule has 23 heteroatoms. The van der Waals surface area contributed by atoms with Gasteiger partial charge in [-0.3, -0.25) is 4.79 Å². The number of carbonyl (C=O) groups is 1. The highest BCUT2D eigenvalue weighted by molar-refractivity contribution is 5.82. The Bertz CT molecular complexity index is 2100. The van der Waals surface area contributed by atoms with E-state index in [1.54, 1.807) is 0 Å². The first kappa shape index (κ1) is 57.8. The van der Waals surface area contributed by atoms with Crippen LogP contribution in [0.3, 0.4) is 0 Å². The summed E-state index contributed by atoms with van der Waals surface area (Å²) in [4.78, 5) is 14.2. The summed E-state index contributed by atoms with van der Waals surface area (Å²) in [7, 11) is 0. The summed E-state index contributed by atoms with van der Waals surface area (Å²) >= 11 is 0. The van der Waals surface area contributed by atoms with Crippen molar-refractivity contribution >= 4 is 5.97 Å². The second kappa shape index (κ2) is 20.2. The van der Waals surface area contributed by atoms with Crippen molar-refractivity contribution in [1.29, 1.82) is 0 Å². The van der Waals surface area contributed by atoms with E-state index in [0.717, 1.165) is 19.3 Å². The van der Waals surface area contributed by atoms with Gasteiger partial charge in [0.15, 0.2) is 25.2 Å². The van der Waals surface area contributed by atoms with E-state index in [-0.39, 0.29) is 41.2 Å². The summed E-state index contributed by atoms with van der Waals surface area (Å²) in [5, 5.41) is 142. The molecular weight excluding hydrogens is 1000 g/mol. The molecule has 10 fully saturated rings. The highest BCUT2D eigenvalue weighted by atomic mass is 16.8. The fourth-order valence-electron chi connectivity index (χ4n) is 17.6. The predicted octanol–water partition coefficient (Wildman–Crippen LogP) is -2.18. The minimum Gasteiger partial charge on any atom is -0.458 e. The quantitative estimate of drug-likeness (QED) is 0.0772. The molecule has 0 unspecified atom stereocenters. The van der Waals surface area contributed by atoms with Crippen LogP contribution in [0.1, 0.15) is 113 Å². The van der Waals surface area contributed by atoms with Crippen LogP contribution in [-0.2, 0) is 47.4 Å². The van der Waals surface area contributed by atoms with Gasteiger partial charge in [-0.1, -0.05) is 41.5 Å². The third-order valence-corrected chi connectivity index (χ3v) is 22.3. The van der Waals surface area contributed by atoms with Gasteiger partial charge in [0.05, 0.1) is 38.1 Å². The van der Waals surface area contributed by atoms with Crippen LogP contribution in [-0.4, -0.2) is 233 Å². The number of ether oxygens (including phenoxy) is 9. The third kappa shape index (κ3) is 8.40. The zero-order chi connectivity index (χ0) is 55.2. The normalized spacial score (nSPS) is 57.9. The molecule has 0 aromatic heterocycles. The number of hydrogen-bond donors (Lipinski definition) is 13. The largest absolute Gasteiger partial charge is 0.458 e. The number of esters is 1. The smallest absolute Gasteiger partial charge is 0.315 e. The Balaban J connectivity index is 0.906. The zero-order valence-corrected chi connectivity index (χ0v) is 44.7. The van der Waals surface area contributed by atoms with Crippen LogP contribution < -0.4 is 0 Å². The molecule has 13 N–H and O–H groups in total. The van der Waals surface area contributed by atoms with Crippen molar-refractivity contribution in [2.75, 3.05) is 26.4 Å². The lowest BCUT2D eigenvalue weighted by atomic mass is 9.30. The van der Waals surface area contributed by atoms with Crippen molar-refractivity contribution in [3.8, 4) is 0 Å². The van der Waals surface area contributed by atoms with E-state index in [0.29, 0.717) is 44.9 Å². The number of aliphatic hydroxyl groups is 13. The van der Waals surface area contributed by atoms with E-state index in [1.165, 1.54) is 6.92 Å². The fraction of sp³-hybridized carbons (Fsp3) is 0.981. The van der Waals surface area contributed by atoms with Crippen LogP contribution in [0, 0.1) is 50.2 Å². The lowest BCUT2D eigenvalue weighted by Gasteiger charge is -2.74. The Labute approximate surface area is 442 Å². The van der Waals surface area contributed by atoms with Crippen LogP contribution >= 0.6 is 0 Å². The molecule has 76 heavy (non-hydrogen) atoms. The number of rotatable bonds is 11. The van der Waals surface area contributed by atoms with Gasteiger partial charge in [0, 0.05) is 17.9 Å². The first-order valence-electron chi connectivity index (χ1n) is 27.7. The van der Waals surface area contributed by atoms with Crippen LogP contribution in [0.4, 0.5) is 0 Å². The van der Waals surface area contributed by atoms with Crippen LogP contribution in [0.5, 0.6) is 0 Å². The molecular formula is C53H86O23. The minimum atomic E-state index is -1.90. The summed E-state index contributed by atoms with van der Waals surface area (Å²) in [5.74, 6) is -0.306. The van der Waals surface area contributed by atoms with Gasteiger partial charge in [0.25, 0.3) is 0 Å².